The van der Waals surface area contributed by atoms with E-state index in [0.29, 0.717) is 39.0 Å². The van der Waals surface area contributed by atoms with E-state index in [2.05, 4.69) is 20.1 Å². The summed E-state index contributed by atoms with van der Waals surface area (Å²) in [5.74, 6) is -2.07. The highest BCUT2D eigenvalue weighted by molar-refractivity contribution is 5.99. The van der Waals surface area contributed by atoms with Gasteiger partial charge in [0, 0.05) is 26.2 Å². The Kier molecular flexibility index (Phi) is 9.85. The molecule has 3 rings (SSSR count). The first-order chi connectivity index (χ1) is 18.1. The fraction of sp³-hybridized carbons (Fsp3) is 0.767. The lowest BCUT2D eigenvalue weighted by molar-refractivity contribution is -0.157. The lowest BCUT2D eigenvalue weighted by Gasteiger charge is -2.40. The summed E-state index contributed by atoms with van der Waals surface area (Å²) in [6.45, 7) is 19.3. The molecule has 3 heterocycles. The lowest BCUT2D eigenvalue weighted by Crippen LogP contribution is -2.59. The number of hydrogen-bond acceptors (Lipinski definition) is 5. The minimum atomic E-state index is -1.10. The average molecular weight is 532 g/mol. The molecule has 2 bridgehead atoms. The molecule has 3 amide bonds. The third-order valence-corrected chi connectivity index (χ3v) is 8.88. The highest BCUT2D eigenvalue weighted by Crippen LogP contribution is 2.64. The van der Waals surface area contributed by atoms with Crippen LogP contribution in [0.1, 0.15) is 73.1 Å². The van der Waals surface area contributed by atoms with Gasteiger partial charge in [-0.1, -0.05) is 52.7 Å². The summed E-state index contributed by atoms with van der Waals surface area (Å²) in [6.07, 6.45) is 8.21. The minimum Gasteiger partial charge on any atom is -0.394 e. The quantitative estimate of drug-likeness (QED) is 0.258. The van der Waals surface area contributed by atoms with Gasteiger partial charge in [-0.2, -0.15) is 0 Å². The van der Waals surface area contributed by atoms with Gasteiger partial charge < -0.3 is 24.5 Å². The fourth-order valence-corrected chi connectivity index (χ4v) is 7.08. The van der Waals surface area contributed by atoms with Gasteiger partial charge in [0.1, 0.15) is 11.6 Å². The van der Waals surface area contributed by atoms with Crippen LogP contribution in [0, 0.1) is 17.8 Å². The molecule has 6 atom stereocenters. The molecule has 38 heavy (non-hydrogen) atoms. The van der Waals surface area contributed by atoms with Gasteiger partial charge in [0.15, 0.2) is 0 Å². The van der Waals surface area contributed by atoms with Crippen molar-refractivity contribution in [2.24, 2.45) is 17.8 Å². The summed E-state index contributed by atoms with van der Waals surface area (Å²) in [7, 11) is 0. The van der Waals surface area contributed by atoms with Gasteiger partial charge in [-0.05, 0) is 38.5 Å². The molecular formula is C30H49N3O5. The molecule has 0 aromatic rings. The molecule has 3 saturated heterocycles. The molecule has 3 aliphatic rings. The summed E-state index contributed by atoms with van der Waals surface area (Å²) in [4.78, 5) is 47.9. The van der Waals surface area contributed by atoms with Crippen LogP contribution in [0.2, 0.25) is 0 Å². The maximum Gasteiger partial charge on any atom is 0.248 e. The predicted octanol–water partition coefficient (Wildman–Crippen LogP) is 3.40. The maximum absolute atomic E-state index is 14.4. The van der Waals surface area contributed by atoms with E-state index in [-0.39, 0.29) is 30.2 Å². The molecule has 8 nitrogen and oxygen atoms in total. The molecule has 214 valence electrons. The van der Waals surface area contributed by atoms with Crippen LogP contribution in [0.5, 0.6) is 0 Å². The van der Waals surface area contributed by atoms with Crippen molar-refractivity contribution in [2.45, 2.75) is 96.4 Å². The molecule has 3 fully saturated rings. The number of rotatable bonds is 15. The van der Waals surface area contributed by atoms with Gasteiger partial charge in [-0.3, -0.25) is 14.4 Å². The minimum absolute atomic E-state index is 0.0817. The number of carbonyl (C=O) groups excluding carboxylic acids is 3. The smallest absolute Gasteiger partial charge is 0.248 e. The number of aliphatic hydroxyl groups is 1. The average Bonchev–Trinajstić information content (AvgIpc) is 3.44. The van der Waals surface area contributed by atoms with Crippen LogP contribution in [0.25, 0.3) is 0 Å². The number of carbonyl (C=O) groups is 3. The first kappa shape index (κ1) is 30.4. The molecular weight excluding hydrogens is 482 g/mol. The highest BCUT2D eigenvalue weighted by Gasteiger charge is 2.78. The second-order valence-electron chi connectivity index (χ2n) is 11.8. The van der Waals surface area contributed by atoms with Crippen molar-refractivity contribution < 1.29 is 24.2 Å². The van der Waals surface area contributed by atoms with Crippen molar-refractivity contribution in [1.82, 2.24) is 14.7 Å². The second-order valence-corrected chi connectivity index (χ2v) is 11.8. The molecule has 1 N–H and O–H groups in total. The van der Waals surface area contributed by atoms with E-state index in [0.717, 1.165) is 25.7 Å². The summed E-state index contributed by atoms with van der Waals surface area (Å²) in [6, 6.07) is -1.44. The van der Waals surface area contributed by atoms with Crippen molar-refractivity contribution >= 4 is 17.7 Å². The number of hydrogen-bond donors (Lipinski definition) is 1. The molecule has 1 spiro atoms. The lowest BCUT2D eigenvalue weighted by atomic mass is 9.66. The van der Waals surface area contributed by atoms with Crippen LogP contribution in [0.3, 0.4) is 0 Å². The van der Waals surface area contributed by atoms with Gasteiger partial charge in [-0.25, -0.2) is 0 Å². The molecule has 0 saturated carbocycles. The predicted molar refractivity (Wildman–Crippen MR) is 148 cm³/mol. The molecule has 8 heteroatoms. The van der Waals surface area contributed by atoms with E-state index < -0.39 is 35.1 Å². The number of likely N-dealkylation sites (tertiary alicyclic amines) is 1. The van der Waals surface area contributed by atoms with Gasteiger partial charge >= 0.3 is 0 Å². The Labute approximate surface area is 229 Å². The van der Waals surface area contributed by atoms with Crippen molar-refractivity contribution in [3.8, 4) is 0 Å². The van der Waals surface area contributed by atoms with Crippen molar-refractivity contribution in [1.29, 1.82) is 0 Å². The van der Waals surface area contributed by atoms with Crippen LogP contribution < -0.4 is 0 Å². The molecule has 0 aromatic heterocycles. The van der Waals surface area contributed by atoms with E-state index in [4.69, 9.17) is 4.74 Å². The zero-order valence-corrected chi connectivity index (χ0v) is 24.2. The zero-order chi connectivity index (χ0) is 28.3. The van der Waals surface area contributed by atoms with Crippen molar-refractivity contribution in [3.05, 3.63) is 25.3 Å². The van der Waals surface area contributed by atoms with E-state index in [1.807, 2.05) is 27.7 Å². The normalized spacial score (nSPS) is 30.4. The Morgan fingerprint density at radius 1 is 1.08 bits per heavy atom. The number of unbranched alkanes of at least 4 members (excludes halogenated alkanes) is 2. The number of fused-ring (bicyclic) bond motifs is 1. The number of nitrogens with zero attached hydrogens (tertiary/aromatic N) is 3. The third kappa shape index (κ3) is 5.06. The van der Waals surface area contributed by atoms with Crippen LogP contribution >= 0.6 is 0 Å². The number of amides is 3. The number of aliphatic hydroxyl groups excluding tert-OH is 1. The fourth-order valence-electron chi connectivity index (χ4n) is 7.08. The van der Waals surface area contributed by atoms with Crippen LogP contribution in [-0.4, -0.2) is 93.6 Å². The van der Waals surface area contributed by atoms with Crippen LogP contribution in [-0.2, 0) is 19.1 Å². The first-order valence-electron chi connectivity index (χ1n) is 14.5. The van der Waals surface area contributed by atoms with Gasteiger partial charge in [0.2, 0.25) is 17.7 Å². The number of ether oxygens (including phenoxy) is 1. The summed E-state index contributed by atoms with van der Waals surface area (Å²) >= 11 is 0. The van der Waals surface area contributed by atoms with Crippen LogP contribution in [0.15, 0.2) is 25.3 Å². The van der Waals surface area contributed by atoms with Gasteiger partial charge in [0.05, 0.1) is 30.1 Å². The molecule has 3 aliphatic heterocycles. The highest BCUT2D eigenvalue weighted by atomic mass is 16.5. The van der Waals surface area contributed by atoms with Crippen molar-refractivity contribution in [3.63, 3.8) is 0 Å². The van der Waals surface area contributed by atoms with Crippen LogP contribution in [0.4, 0.5) is 0 Å². The standard InChI is InChI=1S/C30H49N3O5/c1-8-12-13-19-32(18-11-4)28(37)25-30-15-14-29(7,38-30)23(26(35)31(16-9-2)17-10-3)24(30)27(36)33(25)22(20-34)21(5)6/h9,11,21-25,34H,2,4,8,10,12-20H2,1,3,5-7H3/t22-,23+,24-,25?,29-,30?/m0/s1. The van der Waals surface area contributed by atoms with E-state index >= 15 is 0 Å². The van der Waals surface area contributed by atoms with E-state index in [1.54, 1.807) is 26.9 Å². The summed E-state index contributed by atoms with van der Waals surface area (Å²) in [5.41, 5.74) is -1.92. The van der Waals surface area contributed by atoms with Crippen molar-refractivity contribution in [2.75, 3.05) is 32.8 Å². The molecule has 0 aliphatic carbocycles. The largest absolute Gasteiger partial charge is 0.394 e. The Morgan fingerprint density at radius 2 is 1.71 bits per heavy atom. The zero-order valence-electron chi connectivity index (χ0n) is 24.2. The van der Waals surface area contributed by atoms with E-state index in [1.165, 1.54) is 0 Å². The van der Waals surface area contributed by atoms with Gasteiger partial charge in [0.25, 0.3) is 0 Å². The Morgan fingerprint density at radius 3 is 2.24 bits per heavy atom. The van der Waals surface area contributed by atoms with Gasteiger partial charge in [-0.15, -0.1) is 13.2 Å². The first-order valence-corrected chi connectivity index (χ1v) is 14.5. The maximum atomic E-state index is 14.4. The Balaban J connectivity index is 2.11. The monoisotopic (exact) mass is 531 g/mol. The molecule has 0 aromatic carbocycles. The SMILES string of the molecule is C=CCN(CCCCC)C(=O)C1N([C@@H](CO)C(C)C)C(=O)[C@@H]2[C@H](C(=O)N(CC=C)CCC)[C@]3(C)CCC12O3. The second kappa shape index (κ2) is 12.3. The topological polar surface area (TPSA) is 90.4 Å². The molecule has 0 radical (unpaired) electrons. The summed E-state index contributed by atoms with van der Waals surface area (Å²) in [5, 5.41) is 10.4. The molecule has 2 unspecified atom stereocenters. The third-order valence-electron chi connectivity index (χ3n) is 8.88. The Hall–Kier alpha value is -2.19. The van der Waals surface area contributed by atoms with E-state index in [9.17, 15) is 19.5 Å². The summed E-state index contributed by atoms with van der Waals surface area (Å²) < 4.78 is 6.78. The Bertz CT molecular complexity index is 906.